The Bertz CT molecular complexity index is 1020. The van der Waals surface area contributed by atoms with Crippen molar-refractivity contribution in [3.05, 3.63) is 59.7 Å². The van der Waals surface area contributed by atoms with Crippen LogP contribution in [0.25, 0.3) is 11.1 Å². The maximum Gasteiger partial charge on any atom is 0.407 e. The number of ether oxygens (including phenoxy) is 2. The van der Waals surface area contributed by atoms with Crippen LogP contribution in [0.1, 0.15) is 37.3 Å². The van der Waals surface area contributed by atoms with Gasteiger partial charge in [-0.15, -0.1) is 0 Å². The Kier molecular flexibility index (Phi) is 7.17. The molecule has 0 aromatic heterocycles. The summed E-state index contributed by atoms with van der Waals surface area (Å²) in [6.07, 6.45) is -0.470. The van der Waals surface area contributed by atoms with E-state index in [9.17, 15) is 19.5 Å². The maximum atomic E-state index is 12.4. The van der Waals surface area contributed by atoms with Gasteiger partial charge >= 0.3 is 12.1 Å². The molecule has 0 radical (unpaired) electrons. The number of carbonyl (C=O) groups is 3. The fourth-order valence-corrected chi connectivity index (χ4v) is 4.66. The topological polar surface area (TPSA) is 114 Å². The molecule has 3 N–H and O–H groups in total. The number of rotatable bonds is 8. The van der Waals surface area contributed by atoms with Crippen LogP contribution in [0, 0.1) is 11.8 Å². The molecule has 0 spiro atoms. The van der Waals surface area contributed by atoms with E-state index in [4.69, 9.17) is 9.47 Å². The first-order valence-electron chi connectivity index (χ1n) is 11.6. The van der Waals surface area contributed by atoms with E-state index in [-0.39, 0.29) is 43.6 Å². The quantitative estimate of drug-likeness (QED) is 0.551. The molecule has 0 bridgehead atoms. The van der Waals surface area contributed by atoms with Crippen molar-refractivity contribution in [2.45, 2.75) is 38.3 Å². The van der Waals surface area contributed by atoms with Crippen LogP contribution in [-0.2, 0) is 19.1 Å². The number of benzene rings is 2. The van der Waals surface area contributed by atoms with Gasteiger partial charge in [0.2, 0.25) is 5.91 Å². The summed E-state index contributed by atoms with van der Waals surface area (Å²) < 4.78 is 11.2. The molecule has 1 fully saturated rings. The van der Waals surface area contributed by atoms with E-state index in [1.807, 2.05) is 24.3 Å². The van der Waals surface area contributed by atoms with E-state index >= 15 is 0 Å². The van der Waals surface area contributed by atoms with Crippen molar-refractivity contribution in [2.24, 2.45) is 11.8 Å². The lowest BCUT2D eigenvalue weighted by Crippen LogP contribution is -2.46. The zero-order valence-electron chi connectivity index (χ0n) is 19.3. The number of amides is 2. The molecular formula is C26H30N2O6. The number of carboxylic acid groups (broad SMARTS) is 1. The van der Waals surface area contributed by atoms with Gasteiger partial charge in [0.1, 0.15) is 12.6 Å². The lowest BCUT2D eigenvalue weighted by Gasteiger charge is -2.19. The zero-order chi connectivity index (χ0) is 24.2. The van der Waals surface area contributed by atoms with E-state index in [1.54, 1.807) is 13.8 Å². The molecule has 0 saturated carbocycles. The van der Waals surface area contributed by atoms with Crippen LogP contribution in [0.5, 0.6) is 0 Å². The van der Waals surface area contributed by atoms with Crippen molar-refractivity contribution in [3.63, 3.8) is 0 Å². The summed E-state index contributed by atoms with van der Waals surface area (Å²) in [6, 6.07) is 15.3. The van der Waals surface area contributed by atoms with Gasteiger partial charge < -0.3 is 25.2 Å². The number of fused-ring (bicyclic) bond motifs is 3. The lowest BCUT2D eigenvalue weighted by atomic mass is 9.98. The highest BCUT2D eigenvalue weighted by molar-refractivity contribution is 5.85. The van der Waals surface area contributed by atoms with Crippen LogP contribution in [-0.4, -0.2) is 55.0 Å². The normalized spacial score (nSPS) is 19.9. The molecule has 3 atom stereocenters. The first-order valence-corrected chi connectivity index (χ1v) is 11.6. The molecule has 34 heavy (non-hydrogen) atoms. The highest BCUT2D eigenvalue weighted by Crippen LogP contribution is 2.44. The average Bonchev–Trinajstić information content (AvgIpc) is 3.42. The predicted octanol–water partition coefficient (Wildman–Crippen LogP) is 3.16. The molecule has 1 aliphatic carbocycles. The van der Waals surface area contributed by atoms with Crippen molar-refractivity contribution in [2.75, 3.05) is 19.8 Å². The van der Waals surface area contributed by atoms with Gasteiger partial charge in [0.05, 0.1) is 18.6 Å². The second-order valence-electron chi connectivity index (χ2n) is 9.16. The number of aliphatic carboxylic acids is 1. The zero-order valence-corrected chi connectivity index (χ0v) is 19.3. The number of hydrogen-bond donors (Lipinski definition) is 3. The Morgan fingerprint density at radius 3 is 2.26 bits per heavy atom. The number of alkyl carbamates (subject to hydrolysis) is 1. The van der Waals surface area contributed by atoms with Crippen molar-refractivity contribution < 1.29 is 29.0 Å². The summed E-state index contributed by atoms with van der Waals surface area (Å²) >= 11 is 0. The Balaban J connectivity index is 1.25. The first-order chi connectivity index (χ1) is 16.3. The Morgan fingerprint density at radius 1 is 1.06 bits per heavy atom. The van der Waals surface area contributed by atoms with Gasteiger partial charge in [-0.05, 0) is 34.6 Å². The molecular weight excluding hydrogens is 436 g/mol. The molecule has 2 aromatic carbocycles. The monoisotopic (exact) mass is 466 g/mol. The summed E-state index contributed by atoms with van der Waals surface area (Å²) in [5.41, 5.74) is 4.62. The average molecular weight is 467 g/mol. The van der Waals surface area contributed by atoms with E-state index < -0.39 is 24.0 Å². The third-order valence-corrected chi connectivity index (χ3v) is 6.50. The number of carbonyl (C=O) groups excluding carboxylic acids is 2. The number of hydrogen-bond acceptors (Lipinski definition) is 5. The van der Waals surface area contributed by atoms with Crippen LogP contribution in [0.15, 0.2) is 48.5 Å². The van der Waals surface area contributed by atoms with Gasteiger partial charge in [0.25, 0.3) is 0 Å². The highest BCUT2D eigenvalue weighted by Gasteiger charge is 2.34. The molecule has 1 saturated heterocycles. The van der Waals surface area contributed by atoms with Crippen LogP contribution in [0.2, 0.25) is 0 Å². The van der Waals surface area contributed by atoms with Crippen LogP contribution in [0.3, 0.4) is 0 Å². The number of carboxylic acids is 1. The second kappa shape index (κ2) is 10.3. The smallest absolute Gasteiger partial charge is 0.407 e. The minimum Gasteiger partial charge on any atom is -0.480 e. The molecule has 2 amide bonds. The largest absolute Gasteiger partial charge is 0.480 e. The minimum absolute atomic E-state index is 0.0166. The van der Waals surface area contributed by atoms with Crippen molar-refractivity contribution in [1.82, 2.24) is 10.6 Å². The third-order valence-electron chi connectivity index (χ3n) is 6.50. The van der Waals surface area contributed by atoms with Gasteiger partial charge in [0.15, 0.2) is 0 Å². The Morgan fingerprint density at radius 2 is 1.68 bits per heavy atom. The summed E-state index contributed by atoms with van der Waals surface area (Å²) in [6.45, 7) is 4.11. The van der Waals surface area contributed by atoms with Gasteiger partial charge in [-0.2, -0.15) is 0 Å². The molecule has 1 aliphatic heterocycles. The lowest BCUT2D eigenvalue weighted by molar-refractivity contribution is -0.143. The predicted molar refractivity (Wildman–Crippen MR) is 125 cm³/mol. The van der Waals surface area contributed by atoms with Crippen LogP contribution >= 0.6 is 0 Å². The molecule has 0 unspecified atom stereocenters. The van der Waals surface area contributed by atoms with Crippen LogP contribution < -0.4 is 10.6 Å². The minimum atomic E-state index is -1.06. The van der Waals surface area contributed by atoms with Gasteiger partial charge in [-0.3, -0.25) is 4.79 Å². The Hall–Kier alpha value is -3.39. The third kappa shape index (κ3) is 5.07. The molecule has 8 heteroatoms. The molecule has 8 nitrogen and oxygen atoms in total. The molecule has 2 aromatic rings. The fourth-order valence-electron chi connectivity index (χ4n) is 4.66. The van der Waals surface area contributed by atoms with Gasteiger partial charge in [-0.25, -0.2) is 9.59 Å². The van der Waals surface area contributed by atoms with E-state index in [0.717, 1.165) is 11.1 Å². The summed E-state index contributed by atoms with van der Waals surface area (Å²) in [5.74, 6) is -2.10. The first kappa shape index (κ1) is 23.8. The highest BCUT2D eigenvalue weighted by atomic mass is 16.5. The second-order valence-corrected chi connectivity index (χ2v) is 9.16. The summed E-state index contributed by atoms with van der Waals surface area (Å²) in [4.78, 5) is 36.1. The van der Waals surface area contributed by atoms with Gasteiger partial charge in [-0.1, -0.05) is 62.4 Å². The summed E-state index contributed by atoms with van der Waals surface area (Å²) in [5, 5.41) is 14.6. The SMILES string of the molecule is CC(C)[C@@H](NC(=O)[C@@H]1CO[C@H](CNC(=O)OCC2c3ccccc3-c3ccccc32)C1)C(=O)O. The molecule has 1 heterocycles. The molecule has 180 valence electrons. The fraction of sp³-hybridized carbons (Fsp3) is 0.423. The molecule has 4 rings (SSSR count). The summed E-state index contributed by atoms with van der Waals surface area (Å²) in [7, 11) is 0. The van der Waals surface area contributed by atoms with E-state index in [0.29, 0.717) is 6.42 Å². The number of nitrogens with one attached hydrogen (secondary N) is 2. The standard InChI is InChI=1S/C26H30N2O6/c1-15(2)23(25(30)31)28-24(29)16-11-17(33-13-16)12-27-26(32)34-14-22-20-9-5-3-7-18(20)19-8-4-6-10-21(19)22/h3-10,15-17,22-23H,11-14H2,1-2H3,(H,27,32)(H,28,29)(H,30,31)/t16-,17-,23+/m0/s1. The van der Waals surface area contributed by atoms with Crippen molar-refractivity contribution in [1.29, 1.82) is 0 Å². The van der Waals surface area contributed by atoms with E-state index in [2.05, 4.69) is 34.9 Å². The Labute approximate surface area is 198 Å². The maximum absolute atomic E-state index is 12.4. The molecule has 2 aliphatic rings. The van der Waals surface area contributed by atoms with Crippen molar-refractivity contribution in [3.8, 4) is 11.1 Å². The van der Waals surface area contributed by atoms with E-state index in [1.165, 1.54) is 11.1 Å². The van der Waals surface area contributed by atoms with Gasteiger partial charge in [0, 0.05) is 12.5 Å². The van der Waals surface area contributed by atoms with Crippen molar-refractivity contribution >= 4 is 18.0 Å². The van der Waals surface area contributed by atoms with Crippen LogP contribution in [0.4, 0.5) is 4.79 Å².